The zero-order chi connectivity index (χ0) is 23.3. The third kappa shape index (κ3) is 5.72. The molecule has 0 bridgehead atoms. The predicted molar refractivity (Wildman–Crippen MR) is 118 cm³/mol. The van der Waals surface area contributed by atoms with Gasteiger partial charge in [-0.3, -0.25) is 14.4 Å². The second-order valence-electron chi connectivity index (χ2n) is 7.71. The molecule has 2 aromatic carbocycles. The molecule has 1 aliphatic rings. The quantitative estimate of drug-likeness (QED) is 0.667. The highest BCUT2D eigenvalue weighted by Gasteiger charge is 2.36. The summed E-state index contributed by atoms with van der Waals surface area (Å²) in [6.45, 7) is 5.65. The maximum Gasteiger partial charge on any atom is 0.338 e. The molecule has 0 unspecified atom stereocenters. The Morgan fingerprint density at radius 2 is 1.69 bits per heavy atom. The minimum absolute atomic E-state index is 0.0444. The SMILES string of the molecule is CCOC(=O)c1ccc(NC(=O)COC(=O)[C@@H]2CC(=O)N(c3cc(C)cc(C)c3)C2)cc1. The Balaban J connectivity index is 1.50. The first-order valence-corrected chi connectivity index (χ1v) is 10.4. The summed E-state index contributed by atoms with van der Waals surface area (Å²) < 4.78 is 10.0. The van der Waals surface area contributed by atoms with Crippen LogP contribution in [0.2, 0.25) is 0 Å². The average Bonchev–Trinajstić information content (AvgIpc) is 3.14. The van der Waals surface area contributed by atoms with E-state index < -0.39 is 30.4 Å². The summed E-state index contributed by atoms with van der Waals surface area (Å²) in [4.78, 5) is 50.2. The van der Waals surface area contributed by atoms with Gasteiger partial charge in [0.15, 0.2) is 6.61 Å². The van der Waals surface area contributed by atoms with Crippen LogP contribution in [-0.4, -0.2) is 43.5 Å². The van der Waals surface area contributed by atoms with Crippen molar-refractivity contribution >= 4 is 35.1 Å². The van der Waals surface area contributed by atoms with Crippen molar-refractivity contribution in [2.75, 3.05) is 30.0 Å². The second-order valence-corrected chi connectivity index (χ2v) is 7.71. The molecule has 0 radical (unpaired) electrons. The number of amides is 2. The molecule has 0 aromatic heterocycles. The van der Waals surface area contributed by atoms with Gasteiger partial charge in [-0.1, -0.05) is 6.07 Å². The van der Waals surface area contributed by atoms with Crippen LogP contribution in [0.5, 0.6) is 0 Å². The molecule has 8 nitrogen and oxygen atoms in total. The number of hydrogen-bond donors (Lipinski definition) is 1. The molecule has 1 aliphatic heterocycles. The van der Waals surface area contributed by atoms with Crippen LogP contribution >= 0.6 is 0 Å². The molecule has 32 heavy (non-hydrogen) atoms. The third-order valence-corrected chi connectivity index (χ3v) is 5.00. The molecule has 2 aromatic rings. The molecular weight excluding hydrogens is 412 g/mol. The average molecular weight is 438 g/mol. The number of nitrogens with zero attached hydrogens (tertiary/aromatic N) is 1. The van der Waals surface area contributed by atoms with E-state index in [2.05, 4.69) is 5.32 Å². The number of esters is 2. The molecule has 168 valence electrons. The van der Waals surface area contributed by atoms with Gasteiger partial charge in [-0.25, -0.2) is 4.79 Å². The number of hydrogen-bond acceptors (Lipinski definition) is 6. The fraction of sp³-hybridized carbons (Fsp3) is 0.333. The molecule has 1 heterocycles. The van der Waals surface area contributed by atoms with Gasteiger partial charge in [-0.2, -0.15) is 0 Å². The zero-order valence-corrected chi connectivity index (χ0v) is 18.3. The molecule has 2 amide bonds. The van der Waals surface area contributed by atoms with E-state index in [9.17, 15) is 19.2 Å². The number of ether oxygens (including phenoxy) is 2. The second kappa shape index (κ2) is 10.1. The Bertz CT molecular complexity index is 1010. The monoisotopic (exact) mass is 438 g/mol. The molecule has 0 spiro atoms. The van der Waals surface area contributed by atoms with Gasteiger partial charge in [0.05, 0.1) is 18.1 Å². The van der Waals surface area contributed by atoms with Crippen molar-refractivity contribution in [3.63, 3.8) is 0 Å². The lowest BCUT2D eigenvalue weighted by Gasteiger charge is -2.18. The largest absolute Gasteiger partial charge is 0.462 e. The van der Waals surface area contributed by atoms with E-state index in [1.807, 2.05) is 32.0 Å². The molecule has 1 atom stereocenters. The number of anilines is 2. The van der Waals surface area contributed by atoms with Crippen LogP contribution in [-0.2, 0) is 23.9 Å². The molecule has 3 rings (SSSR count). The van der Waals surface area contributed by atoms with Gasteiger partial charge in [0, 0.05) is 24.3 Å². The van der Waals surface area contributed by atoms with E-state index in [1.165, 1.54) is 12.1 Å². The molecular formula is C24H26N2O6. The van der Waals surface area contributed by atoms with Crippen LogP contribution in [0, 0.1) is 19.8 Å². The van der Waals surface area contributed by atoms with Crippen LogP contribution in [0.25, 0.3) is 0 Å². The van der Waals surface area contributed by atoms with Gasteiger partial charge in [0.1, 0.15) is 0 Å². The van der Waals surface area contributed by atoms with Crippen molar-refractivity contribution in [1.29, 1.82) is 0 Å². The van der Waals surface area contributed by atoms with Gasteiger partial charge < -0.3 is 19.7 Å². The highest BCUT2D eigenvalue weighted by Crippen LogP contribution is 2.27. The van der Waals surface area contributed by atoms with Crippen LogP contribution in [0.3, 0.4) is 0 Å². The summed E-state index contributed by atoms with van der Waals surface area (Å²) >= 11 is 0. The first-order valence-electron chi connectivity index (χ1n) is 10.4. The maximum absolute atomic E-state index is 12.4. The van der Waals surface area contributed by atoms with Gasteiger partial charge >= 0.3 is 11.9 Å². The van der Waals surface area contributed by atoms with Gasteiger partial charge in [0.2, 0.25) is 5.91 Å². The van der Waals surface area contributed by atoms with Crippen LogP contribution in [0.1, 0.15) is 34.8 Å². The van der Waals surface area contributed by atoms with Crippen molar-refractivity contribution in [3.8, 4) is 0 Å². The minimum Gasteiger partial charge on any atom is -0.462 e. The van der Waals surface area contributed by atoms with E-state index >= 15 is 0 Å². The molecule has 0 saturated carbocycles. The standard InChI is InChI=1S/C24H26N2O6/c1-4-31-23(29)17-5-7-19(8-6-17)25-21(27)14-32-24(30)18-12-22(28)26(13-18)20-10-15(2)9-16(3)11-20/h5-11,18H,4,12-14H2,1-3H3,(H,25,27)/t18-/m1/s1. The highest BCUT2D eigenvalue weighted by molar-refractivity contribution is 6.00. The maximum atomic E-state index is 12.4. The lowest BCUT2D eigenvalue weighted by atomic mass is 10.1. The number of rotatable bonds is 7. The summed E-state index contributed by atoms with van der Waals surface area (Å²) in [5.41, 5.74) is 3.65. The van der Waals surface area contributed by atoms with Crippen molar-refractivity contribution in [3.05, 3.63) is 59.2 Å². The minimum atomic E-state index is -0.625. The number of benzene rings is 2. The Hall–Kier alpha value is -3.68. The van der Waals surface area contributed by atoms with E-state index in [-0.39, 0.29) is 25.5 Å². The Morgan fingerprint density at radius 3 is 2.31 bits per heavy atom. The summed E-state index contributed by atoms with van der Waals surface area (Å²) in [7, 11) is 0. The molecule has 0 aliphatic carbocycles. The fourth-order valence-corrected chi connectivity index (χ4v) is 3.58. The summed E-state index contributed by atoms with van der Waals surface area (Å²) in [6, 6.07) is 12.0. The third-order valence-electron chi connectivity index (χ3n) is 5.00. The molecule has 8 heteroatoms. The van der Waals surface area contributed by atoms with E-state index in [4.69, 9.17) is 9.47 Å². The van der Waals surface area contributed by atoms with Crippen molar-refractivity contribution < 1.29 is 28.7 Å². The normalized spacial score (nSPS) is 15.4. The van der Waals surface area contributed by atoms with E-state index in [0.717, 1.165) is 16.8 Å². The first-order chi connectivity index (χ1) is 15.3. The highest BCUT2D eigenvalue weighted by atomic mass is 16.5. The summed E-state index contributed by atoms with van der Waals surface area (Å²) in [5.74, 6) is -2.32. The lowest BCUT2D eigenvalue weighted by Crippen LogP contribution is -2.28. The van der Waals surface area contributed by atoms with E-state index in [1.54, 1.807) is 24.0 Å². The van der Waals surface area contributed by atoms with Gasteiger partial charge in [-0.15, -0.1) is 0 Å². The smallest absolute Gasteiger partial charge is 0.338 e. The Labute approximate surface area is 186 Å². The number of aryl methyl sites for hydroxylation is 2. The van der Waals surface area contributed by atoms with Crippen LogP contribution in [0.15, 0.2) is 42.5 Å². The van der Waals surface area contributed by atoms with Crippen molar-refractivity contribution in [1.82, 2.24) is 0 Å². The summed E-state index contributed by atoms with van der Waals surface area (Å²) in [5, 5.41) is 2.60. The van der Waals surface area contributed by atoms with Gasteiger partial charge in [-0.05, 0) is 68.3 Å². The Morgan fingerprint density at radius 1 is 1.03 bits per heavy atom. The number of carbonyl (C=O) groups excluding carboxylic acids is 4. The van der Waals surface area contributed by atoms with Gasteiger partial charge in [0.25, 0.3) is 5.91 Å². The number of carbonyl (C=O) groups is 4. The molecule has 1 N–H and O–H groups in total. The van der Waals surface area contributed by atoms with Crippen molar-refractivity contribution in [2.24, 2.45) is 5.92 Å². The van der Waals surface area contributed by atoms with Crippen LogP contribution < -0.4 is 10.2 Å². The van der Waals surface area contributed by atoms with E-state index in [0.29, 0.717) is 11.3 Å². The molecule has 1 saturated heterocycles. The lowest BCUT2D eigenvalue weighted by molar-refractivity contribution is -0.151. The molecule has 1 fully saturated rings. The number of nitrogens with one attached hydrogen (secondary N) is 1. The Kier molecular flexibility index (Phi) is 7.25. The fourth-order valence-electron chi connectivity index (χ4n) is 3.58. The summed E-state index contributed by atoms with van der Waals surface area (Å²) in [6.07, 6.45) is 0.0444. The van der Waals surface area contributed by atoms with Crippen molar-refractivity contribution in [2.45, 2.75) is 27.2 Å². The zero-order valence-electron chi connectivity index (χ0n) is 18.3. The first kappa shape index (κ1) is 23.0. The van der Waals surface area contributed by atoms with Crippen LogP contribution in [0.4, 0.5) is 11.4 Å². The topological polar surface area (TPSA) is 102 Å². The predicted octanol–water partition coefficient (Wildman–Crippen LogP) is 3.01.